The van der Waals surface area contributed by atoms with Gasteiger partial charge in [-0.05, 0) is 61.4 Å². The summed E-state index contributed by atoms with van der Waals surface area (Å²) in [6.07, 6.45) is 0.832. The first-order valence-corrected chi connectivity index (χ1v) is 17.5. The number of nitrogens with one attached hydrogen (secondary N) is 1. The van der Waals surface area contributed by atoms with E-state index in [9.17, 15) is 18.0 Å². The van der Waals surface area contributed by atoms with E-state index in [4.69, 9.17) is 39.5 Å². The smallest absolute Gasteiger partial charge is 0.264 e. The van der Waals surface area contributed by atoms with Gasteiger partial charge in [-0.15, -0.1) is 0 Å². The van der Waals surface area contributed by atoms with Crippen molar-refractivity contribution in [2.24, 2.45) is 0 Å². The third-order valence-electron chi connectivity index (χ3n) is 7.52. The van der Waals surface area contributed by atoms with Crippen LogP contribution in [0, 0.1) is 6.92 Å². The first-order chi connectivity index (χ1) is 22.5. The number of aryl methyl sites for hydroxylation is 1. The molecule has 2 amide bonds. The van der Waals surface area contributed by atoms with E-state index in [-0.39, 0.29) is 28.6 Å². The summed E-state index contributed by atoms with van der Waals surface area (Å²) in [4.78, 5) is 29.7. The van der Waals surface area contributed by atoms with Gasteiger partial charge in [0, 0.05) is 35.1 Å². The predicted octanol–water partition coefficient (Wildman–Crippen LogP) is 7.33. The summed E-state index contributed by atoms with van der Waals surface area (Å²) >= 11 is 19.6. The largest absolute Gasteiger partial charge is 0.495 e. The van der Waals surface area contributed by atoms with Crippen LogP contribution in [0.3, 0.4) is 0 Å². The van der Waals surface area contributed by atoms with Gasteiger partial charge >= 0.3 is 0 Å². The summed E-state index contributed by atoms with van der Waals surface area (Å²) in [6.45, 7) is 3.34. The molecule has 47 heavy (non-hydrogen) atoms. The molecule has 0 heterocycles. The van der Waals surface area contributed by atoms with Crippen molar-refractivity contribution in [3.63, 3.8) is 0 Å². The van der Waals surface area contributed by atoms with E-state index < -0.39 is 34.4 Å². The lowest BCUT2D eigenvalue weighted by Crippen LogP contribution is -2.53. The SMILES string of the molecule is CCCNC(=O)C(Cc1ccccc1)N(Cc1c(Cl)cccc1Cl)C(=O)CN(c1ccc(OC)c(Cl)c1)S(=O)(=O)c1ccc(C)cc1. The van der Waals surface area contributed by atoms with Gasteiger partial charge in [0.2, 0.25) is 11.8 Å². The van der Waals surface area contributed by atoms with Crippen LogP contribution in [-0.2, 0) is 32.6 Å². The van der Waals surface area contributed by atoms with Crippen LogP contribution in [0.4, 0.5) is 5.69 Å². The molecular weight excluding hydrogens is 681 g/mol. The van der Waals surface area contributed by atoms with Crippen molar-refractivity contribution < 1.29 is 22.7 Å². The van der Waals surface area contributed by atoms with Crippen LogP contribution in [0.1, 0.15) is 30.0 Å². The van der Waals surface area contributed by atoms with Gasteiger partial charge in [0.1, 0.15) is 18.3 Å². The van der Waals surface area contributed by atoms with E-state index in [1.54, 1.807) is 30.3 Å². The third-order valence-corrected chi connectivity index (χ3v) is 10.3. The molecule has 4 aromatic carbocycles. The molecule has 0 bridgehead atoms. The number of methoxy groups -OCH3 is 1. The number of sulfonamides is 1. The molecule has 0 saturated heterocycles. The van der Waals surface area contributed by atoms with Gasteiger partial charge in [-0.1, -0.05) is 95.8 Å². The van der Waals surface area contributed by atoms with E-state index >= 15 is 0 Å². The molecule has 0 aliphatic rings. The maximum absolute atomic E-state index is 14.6. The first-order valence-electron chi connectivity index (χ1n) is 14.9. The van der Waals surface area contributed by atoms with Gasteiger partial charge < -0.3 is 15.0 Å². The minimum atomic E-state index is -4.31. The molecule has 1 N–H and O–H groups in total. The fourth-order valence-electron chi connectivity index (χ4n) is 4.95. The summed E-state index contributed by atoms with van der Waals surface area (Å²) < 4.78 is 34.7. The van der Waals surface area contributed by atoms with Gasteiger partial charge in [-0.2, -0.15) is 0 Å². The molecule has 0 radical (unpaired) electrons. The second-order valence-electron chi connectivity index (χ2n) is 10.9. The van der Waals surface area contributed by atoms with Crippen LogP contribution in [0.5, 0.6) is 5.75 Å². The number of carbonyl (C=O) groups is 2. The Morgan fingerprint density at radius 3 is 2.13 bits per heavy atom. The zero-order valence-corrected chi connectivity index (χ0v) is 29.3. The number of rotatable bonds is 14. The van der Waals surface area contributed by atoms with Crippen molar-refractivity contribution in [3.05, 3.63) is 123 Å². The maximum Gasteiger partial charge on any atom is 0.264 e. The van der Waals surface area contributed by atoms with Gasteiger partial charge in [0.25, 0.3) is 10.0 Å². The summed E-state index contributed by atoms with van der Waals surface area (Å²) in [5, 5.41) is 3.66. The quantitative estimate of drug-likeness (QED) is 0.148. The van der Waals surface area contributed by atoms with Crippen molar-refractivity contribution in [2.75, 3.05) is 24.5 Å². The van der Waals surface area contributed by atoms with E-state index in [1.807, 2.05) is 44.2 Å². The standard InChI is InChI=1S/C35H36Cl3N3O5S/c1-4-19-39-35(43)32(20-25-9-6-5-7-10-25)40(22-28-29(36)11-8-12-30(28)37)34(42)23-41(26-15-18-33(46-3)31(38)21-26)47(44,45)27-16-13-24(2)14-17-27/h5-18,21,32H,4,19-20,22-23H2,1-3H3,(H,39,43). The average molecular weight is 717 g/mol. The van der Waals surface area contributed by atoms with E-state index in [0.29, 0.717) is 34.3 Å². The molecule has 1 unspecified atom stereocenters. The average Bonchev–Trinajstić information content (AvgIpc) is 3.05. The molecule has 0 saturated carbocycles. The minimum Gasteiger partial charge on any atom is -0.495 e. The topological polar surface area (TPSA) is 96.0 Å². The molecule has 4 aromatic rings. The monoisotopic (exact) mass is 715 g/mol. The van der Waals surface area contributed by atoms with E-state index in [2.05, 4.69) is 5.32 Å². The molecule has 0 spiro atoms. The molecule has 0 aromatic heterocycles. The second-order valence-corrected chi connectivity index (χ2v) is 13.9. The number of benzene rings is 4. The summed E-state index contributed by atoms with van der Waals surface area (Å²) in [6, 6.07) is 23.9. The number of nitrogens with zero attached hydrogens (tertiary/aromatic N) is 2. The zero-order valence-electron chi connectivity index (χ0n) is 26.3. The van der Waals surface area contributed by atoms with Gasteiger partial charge in [-0.3, -0.25) is 13.9 Å². The van der Waals surface area contributed by atoms with Crippen molar-refractivity contribution in [3.8, 4) is 5.75 Å². The molecular formula is C35H36Cl3N3O5S. The number of anilines is 1. The van der Waals surface area contributed by atoms with Crippen LogP contribution >= 0.6 is 34.8 Å². The minimum absolute atomic E-state index is 0.0231. The van der Waals surface area contributed by atoms with Gasteiger partial charge in [-0.25, -0.2) is 8.42 Å². The third kappa shape index (κ3) is 8.99. The van der Waals surface area contributed by atoms with Gasteiger partial charge in [0.15, 0.2) is 0 Å². The molecule has 12 heteroatoms. The Kier molecular flexibility index (Phi) is 12.6. The number of hydrogen-bond donors (Lipinski definition) is 1. The zero-order chi connectivity index (χ0) is 34.1. The lowest BCUT2D eigenvalue weighted by molar-refractivity contribution is -0.140. The Labute approximate surface area is 291 Å². The second kappa shape index (κ2) is 16.4. The van der Waals surface area contributed by atoms with E-state index in [1.165, 1.54) is 42.3 Å². The summed E-state index contributed by atoms with van der Waals surface area (Å²) in [7, 11) is -2.87. The molecule has 0 aliphatic heterocycles. The van der Waals surface area contributed by atoms with Crippen LogP contribution < -0.4 is 14.4 Å². The van der Waals surface area contributed by atoms with Crippen molar-refractivity contribution in [1.82, 2.24) is 10.2 Å². The number of hydrogen-bond acceptors (Lipinski definition) is 5. The van der Waals surface area contributed by atoms with E-state index in [0.717, 1.165) is 15.4 Å². The fourth-order valence-corrected chi connectivity index (χ4v) is 7.13. The predicted molar refractivity (Wildman–Crippen MR) is 188 cm³/mol. The highest BCUT2D eigenvalue weighted by Gasteiger charge is 2.35. The summed E-state index contributed by atoms with van der Waals surface area (Å²) in [5.74, 6) is -0.719. The van der Waals surface area contributed by atoms with Crippen LogP contribution in [0.25, 0.3) is 0 Å². The molecule has 1 atom stereocenters. The molecule has 248 valence electrons. The highest BCUT2D eigenvalue weighted by Crippen LogP contribution is 2.33. The highest BCUT2D eigenvalue weighted by molar-refractivity contribution is 7.92. The first kappa shape index (κ1) is 36.1. The Bertz CT molecular complexity index is 1790. The number of ether oxygens (including phenoxy) is 1. The molecule has 0 fully saturated rings. The Morgan fingerprint density at radius 1 is 0.872 bits per heavy atom. The van der Waals surface area contributed by atoms with Crippen LogP contribution in [-0.4, -0.2) is 51.4 Å². The lowest BCUT2D eigenvalue weighted by atomic mass is 10.0. The normalized spacial score (nSPS) is 11.9. The van der Waals surface area contributed by atoms with Gasteiger partial charge in [0.05, 0.1) is 22.7 Å². The highest BCUT2D eigenvalue weighted by atomic mass is 35.5. The van der Waals surface area contributed by atoms with Crippen LogP contribution in [0.15, 0.2) is 95.9 Å². The number of carbonyl (C=O) groups excluding carboxylic acids is 2. The molecule has 0 aliphatic carbocycles. The fraction of sp³-hybridized carbons (Fsp3) is 0.257. The Morgan fingerprint density at radius 2 is 1.53 bits per heavy atom. The van der Waals surface area contributed by atoms with Crippen LogP contribution in [0.2, 0.25) is 15.1 Å². The number of amides is 2. The Balaban J connectivity index is 1.85. The van der Waals surface area contributed by atoms with Crippen molar-refractivity contribution in [2.45, 2.75) is 44.2 Å². The molecule has 8 nitrogen and oxygen atoms in total. The Hall–Kier alpha value is -3.76. The molecule has 4 rings (SSSR count). The van der Waals surface area contributed by atoms with Crippen molar-refractivity contribution >= 4 is 62.3 Å². The van der Waals surface area contributed by atoms with Crippen molar-refractivity contribution in [1.29, 1.82) is 0 Å². The maximum atomic E-state index is 14.6. The lowest BCUT2D eigenvalue weighted by Gasteiger charge is -2.34. The summed E-state index contributed by atoms with van der Waals surface area (Å²) in [5.41, 5.74) is 2.23. The number of halogens is 3.